The highest BCUT2D eigenvalue weighted by molar-refractivity contribution is 5.89. The summed E-state index contributed by atoms with van der Waals surface area (Å²) in [4.78, 5) is 13.3. The van der Waals surface area contributed by atoms with Gasteiger partial charge in [0.25, 0.3) is 0 Å². The zero-order valence-electron chi connectivity index (χ0n) is 21.2. The summed E-state index contributed by atoms with van der Waals surface area (Å²) in [5.74, 6) is -4.30. The van der Waals surface area contributed by atoms with E-state index in [-0.39, 0.29) is 18.4 Å². The molecule has 36 heavy (non-hydrogen) atoms. The summed E-state index contributed by atoms with van der Waals surface area (Å²) in [6, 6.07) is 8.07. The molecule has 11 atom stereocenters. The van der Waals surface area contributed by atoms with Crippen LogP contribution < -0.4 is 0 Å². The van der Waals surface area contributed by atoms with Crippen LogP contribution in [0, 0.1) is 22.7 Å². The van der Waals surface area contributed by atoms with Gasteiger partial charge in [-0.3, -0.25) is 0 Å². The van der Waals surface area contributed by atoms with Crippen molar-refractivity contribution in [1.29, 1.82) is 0 Å². The van der Waals surface area contributed by atoms with E-state index in [9.17, 15) is 35.4 Å². The zero-order valence-corrected chi connectivity index (χ0v) is 21.2. The summed E-state index contributed by atoms with van der Waals surface area (Å²) in [5.41, 5.74) is -15.1. The standard InChI is InChI=1S/C27H36O9/c1-14(2)24(32)19(35-18(29)16-9-7-6-8-10-16)25(33)20(4)13-23(31)21(24,5)27(25,34)26(36-23)17(28)15(3)11-12-22(20,26)30/h6-10,14-15,17,19,28,30-34H,11-13H2,1-5H3/t15-,17+,19+,20-,21-,22-,23-,24+,25+,26+,27+/m0/s1. The predicted molar refractivity (Wildman–Crippen MR) is 124 cm³/mol. The van der Waals surface area contributed by atoms with E-state index in [4.69, 9.17) is 9.47 Å². The van der Waals surface area contributed by atoms with E-state index in [1.165, 1.54) is 26.0 Å². The van der Waals surface area contributed by atoms with Crippen molar-refractivity contribution in [3.05, 3.63) is 35.9 Å². The molecule has 9 nitrogen and oxygen atoms in total. The highest BCUT2D eigenvalue weighted by atomic mass is 16.7. The molecule has 6 aliphatic rings. The maximum Gasteiger partial charge on any atom is 0.338 e. The van der Waals surface area contributed by atoms with Crippen molar-refractivity contribution in [3.63, 3.8) is 0 Å². The van der Waals surface area contributed by atoms with Gasteiger partial charge in [-0.25, -0.2) is 4.79 Å². The summed E-state index contributed by atoms with van der Waals surface area (Å²) >= 11 is 0. The largest absolute Gasteiger partial charge is 0.452 e. The van der Waals surface area contributed by atoms with Crippen LogP contribution in [0.1, 0.15) is 64.2 Å². The van der Waals surface area contributed by atoms with Crippen LogP contribution in [0.5, 0.6) is 0 Å². The van der Waals surface area contributed by atoms with Crippen LogP contribution in [-0.4, -0.2) is 82.6 Å². The first-order valence-electron chi connectivity index (χ1n) is 12.8. The van der Waals surface area contributed by atoms with Crippen LogP contribution in [0.2, 0.25) is 0 Å². The maximum absolute atomic E-state index is 13.3. The Labute approximate surface area is 209 Å². The van der Waals surface area contributed by atoms with E-state index in [2.05, 4.69) is 0 Å². The van der Waals surface area contributed by atoms with E-state index < -0.39 is 74.6 Å². The molecule has 4 saturated carbocycles. The number of carbonyl (C=O) groups is 1. The lowest BCUT2D eigenvalue weighted by Crippen LogP contribution is -2.75. The van der Waals surface area contributed by atoms with Crippen molar-refractivity contribution < 1.29 is 44.9 Å². The van der Waals surface area contributed by atoms with Gasteiger partial charge in [0.15, 0.2) is 17.5 Å². The lowest BCUT2D eigenvalue weighted by atomic mass is 9.52. The number of hydrogen-bond acceptors (Lipinski definition) is 9. The highest BCUT2D eigenvalue weighted by Crippen LogP contribution is 2.90. The van der Waals surface area contributed by atoms with Crippen molar-refractivity contribution in [2.24, 2.45) is 22.7 Å². The van der Waals surface area contributed by atoms with Gasteiger partial charge in [0.1, 0.15) is 22.4 Å². The summed E-state index contributed by atoms with van der Waals surface area (Å²) in [5, 5.41) is 74.2. The molecule has 1 spiro atoms. The Kier molecular flexibility index (Phi) is 4.35. The predicted octanol–water partition coefficient (Wildman–Crippen LogP) is 0.484. The lowest BCUT2D eigenvalue weighted by Gasteiger charge is -2.60. The number of ether oxygens (including phenoxy) is 2. The summed E-state index contributed by atoms with van der Waals surface area (Å²) in [6.45, 7) is 7.95. The van der Waals surface area contributed by atoms with Crippen molar-refractivity contribution in [1.82, 2.24) is 0 Å². The molecule has 0 unspecified atom stereocenters. The molecule has 0 aromatic heterocycles. The zero-order chi connectivity index (χ0) is 26.5. The molecule has 1 aromatic rings. The van der Waals surface area contributed by atoms with Crippen molar-refractivity contribution >= 4 is 5.97 Å². The summed E-state index contributed by atoms with van der Waals surface area (Å²) in [6.07, 6.45) is -3.14. The van der Waals surface area contributed by atoms with Crippen molar-refractivity contribution in [2.75, 3.05) is 0 Å². The first-order valence-corrected chi connectivity index (χ1v) is 12.8. The van der Waals surface area contributed by atoms with Gasteiger partial charge in [0.2, 0.25) is 0 Å². The monoisotopic (exact) mass is 504 g/mol. The minimum Gasteiger partial charge on any atom is -0.452 e. The topological polar surface area (TPSA) is 157 Å². The molecule has 2 heterocycles. The van der Waals surface area contributed by atoms with Gasteiger partial charge in [-0.15, -0.1) is 0 Å². The normalized spacial score (nSPS) is 58.4. The highest BCUT2D eigenvalue weighted by Gasteiger charge is 3.10. The van der Waals surface area contributed by atoms with E-state index >= 15 is 0 Å². The van der Waals surface area contributed by atoms with Gasteiger partial charge in [0, 0.05) is 11.8 Å². The van der Waals surface area contributed by atoms with Crippen LogP contribution in [0.25, 0.3) is 0 Å². The van der Waals surface area contributed by atoms with Crippen LogP contribution in [0.4, 0.5) is 0 Å². The number of aliphatic hydroxyl groups excluding tert-OH is 1. The molecule has 2 saturated heterocycles. The second-order valence-electron chi connectivity index (χ2n) is 12.7. The van der Waals surface area contributed by atoms with Crippen LogP contribution >= 0.6 is 0 Å². The Morgan fingerprint density at radius 1 is 1.08 bits per heavy atom. The van der Waals surface area contributed by atoms with Crippen molar-refractivity contribution in [2.45, 2.75) is 99.9 Å². The Morgan fingerprint density at radius 2 is 1.69 bits per heavy atom. The van der Waals surface area contributed by atoms with E-state index in [1.807, 2.05) is 0 Å². The summed E-state index contributed by atoms with van der Waals surface area (Å²) < 4.78 is 12.1. The molecule has 2 aliphatic heterocycles. The average molecular weight is 505 g/mol. The number of hydrogen-bond donors (Lipinski definition) is 6. The molecule has 4 aliphatic carbocycles. The minimum absolute atomic E-state index is 0.0674. The molecular weight excluding hydrogens is 468 g/mol. The molecule has 6 fully saturated rings. The van der Waals surface area contributed by atoms with Gasteiger partial charge in [0.05, 0.1) is 17.1 Å². The van der Waals surface area contributed by atoms with Gasteiger partial charge in [-0.1, -0.05) is 45.9 Å². The molecule has 1 aromatic carbocycles. The Balaban J connectivity index is 1.67. The second kappa shape index (κ2) is 6.34. The van der Waals surface area contributed by atoms with E-state index in [0.29, 0.717) is 6.42 Å². The third-order valence-corrected chi connectivity index (χ3v) is 11.5. The lowest BCUT2D eigenvalue weighted by molar-refractivity contribution is -0.390. The third kappa shape index (κ3) is 1.82. The second-order valence-corrected chi connectivity index (χ2v) is 12.7. The van der Waals surface area contributed by atoms with Crippen LogP contribution in [0.15, 0.2) is 30.3 Å². The fourth-order valence-electron chi connectivity index (χ4n) is 9.68. The Morgan fingerprint density at radius 3 is 2.28 bits per heavy atom. The fraction of sp³-hybridized carbons (Fsp3) is 0.741. The average Bonchev–Trinajstić information content (AvgIpc) is 3.06. The quantitative estimate of drug-likeness (QED) is 0.322. The first kappa shape index (κ1) is 24.7. The number of rotatable bonds is 3. The molecule has 6 N–H and O–H groups in total. The smallest absolute Gasteiger partial charge is 0.338 e. The Bertz CT molecular complexity index is 1160. The Hall–Kier alpha value is -1.59. The van der Waals surface area contributed by atoms with Crippen LogP contribution in [0.3, 0.4) is 0 Å². The van der Waals surface area contributed by atoms with Gasteiger partial charge in [-0.2, -0.15) is 0 Å². The summed E-state index contributed by atoms with van der Waals surface area (Å²) in [7, 11) is 0. The molecule has 0 radical (unpaired) electrons. The molecule has 6 bridgehead atoms. The van der Waals surface area contributed by atoms with Crippen LogP contribution in [-0.2, 0) is 9.47 Å². The fourth-order valence-corrected chi connectivity index (χ4v) is 9.68. The SMILES string of the molecule is CC(C)[C@@]1(O)[C@@H](OC(=O)c2ccccc2)[C@@]2(O)[C@@]3(C)C[C@]4(O)O[C@@]5([C@H](O)[C@@H](C)CC[C@]35O)[C@@]2(O)[C@]14C. The number of benzene rings is 1. The van der Waals surface area contributed by atoms with Crippen molar-refractivity contribution in [3.8, 4) is 0 Å². The number of esters is 1. The van der Waals surface area contributed by atoms with E-state index in [0.717, 1.165) is 0 Å². The molecule has 198 valence electrons. The molecule has 0 amide bonds. The van der Waals surface area contributed by atoms with Gasteiger partial charge >= 0.3 is 5.97 Å². The molecule has 7 rings (SSSR count). The third-order valence-electron chi connectivity index (χ3n) is 11.5. The van der Waals surface area contributed by atoms with Gasteiger partial charge in [-0.05, 0) is 43.7 Å². The molecule has 9 heteroatoms. The number of aliphatic hydroxyl groups is 6. The van der Waals surface area contributed by atoms with Gasteiger partial charge < -0.3 is 40.1 Å². The first-order chi connectivity index (χ1) is 16.5. The number of carbonyl (C=O) groups excluding carboxylic acids is 1. The van der Waals surface area contributed by atoms with E-state index in [1.54, 1.807) is 39.0 Å². The molecular formula is C27H36O9. The maximum atomic E-state index is 13.3. The minimum atomic E-state index is -2.59.